The van der Waals surface area contributed by atoms with Crippen molar-refractivity contribution in [1.29, 1.82) is 0 Å². The summed E-state index contributed by atoms with van der Waals surface area (Å²) in [6.07, 6.45) is 1.53. The summed E-state index contributed by atoms with van der Waals surface area (Å²) in [5.74, 6) is 0.770. The molecule has 0 atom stereocenters. The molecule has 0 fully saturated rings. The number of halogens is 2. The van der Waals surface area contributed by atoms with E-state index in [0.29, 0.717) is 36.2 Å². The molecule has 1 heterocycles. The number of anilines is 1. The standard InChI is InChI=1S/C20H19Cl2N3O3/c1-27-10-11-28-17-8-2-14(3-9-17)12-23-18-13-24-25(20(26)19(18)22)16-6-4-15(21)5-7-16/h2-9,13,23H,10-12H2,1H3. The van der Waals surface area contributed by atoms with E-state index >= 15 is 0 Å². The number of benzene rings is 2. The summed E-state index contributed by atoms with van der Waals surface area (Å²) in [4.78, 5) is 12.5. The van der Waals surface area contributed by atoms with Crippen LogP contribution >= 0.6 is 23.2 Å². The topological polar surface area (TPSA) is 65.4 Å². The highest BCUT2D eigenvalue weighted by atomic mass is 35.5. The number of hydrogen-bond donors (Lipinski definition) is 1. The number of ether oxygens (including phenoxy) is 2. The fourth-order valence-electron chi connectivity index (χ4n) is 2.47. The van der Waals surface area contributed by atoms with Crippen molar-refractivity contribution in [2.75, 3.05) is 25.6 Å². The van der Waals surface area contributed by atoms with Gasteiger partial charge in [0.2, 0.25) is 0 Å². The maximum atomic E-state index is 12.5. The first kappa shape index (κ1) is 20.2. The summed E-state index contributed by atoms with van der Waals surface area (Å²) in [6.45, 7) is 1.53. The lowest BCUT2D eigenvalue weighted by molar-refractivity contribution is 0.146. The monoisotopic (exact) mass is 419 g/mol. The van der Waals surface area contributed by atoms with E-state index < -0.39 is 5.56 Å². The van der Waals surface area contributed by atoms with Crippen molar-refractivity contribution in [2.24, 2.45) is 0 Å². The fraction of sp³-hybridized carbons (Fsp3) is 0.200. The number of aromatic nitrogens is 2. The minimum Gasteiger partial charge on any atom is -0.491 e. The van der Waals surface area contributed by atoms with Crippen molar-refractivity contribution >= 4 is 28.9 Å². The third kappa shape index (κ3) is 5.04. The van der Waals surface area contributed by atoms with Crippen LogP contribution < -0.4 is 15.6 Å². The summed E-state index contributed by atoms with van der Waals surface area (Å²) in [6, 6.07) is 14.4. The largest absolute Gasteiger partial charge is 0.491 e. The first-order valence-corrected chi connectivity index (χ1v) is 9.32. The van der Waals surface area contributed by atoms with Crippen LogP contribution in [0.3, 0.4) is 0 Å². The molecular formula is C20H19Cl2N3O3. The molecule has 3 rings (SSSR count). The summed E-state index contributed by atoms with van der Waals surface area (Å²) in [5, 5.41) is 7.98. The molecular weight excluding hydrogens is 401 g/mol. The second kappa shape index (κ2) is 9.59. The summed E-state index contributed by atoms with van der Waals surface area (Å²) in [5.41, 5.74) is 1.66. The second-order valence-corrected chi connectivity index (χ2v) is 6.72. The Balaban J connectivity index is 1.67. The average molecular weight is 420 g/mol. The lowest BCUT2D eigenvalue weighted by Gasteiger charge is -2.11. The zero-order valence-corrected chi connectivity index (χ0v) is 16.7. The molecule has 0 saturated carbocycles. The molecule has 0 saturated heterocycles. The van der Waals surface area contributed by atoms with Crippen LogP contribution in [0.25, 0.3) is 5.69 Å². The SMILES string of the molecule is COCCOc1ccc(CNc2cnn(-c3ccc(Cl)cc3)c(=O)c2Cl)cc1. The zero-order valence-electron chi connectivity index (χ0n) is 15.2. The van der Waals surface area contributed by atoms with E-state index in [2.05, 4.69) is 10.4 Å². The van der Waals surface area contributed by atoms with E-state index in [1.165, 1.54) is 10.9 Å². The Bertz CT molecular complexity index is 973. The molecule has 0 aliphatic rings. The molecule has 1 aromatic heterocycles. The Labute approximate surface area is 172 Å². The summed E-state index contributed by atoms with van der Waals surface area (Å²) >= 11 is 12.1. The van der Waals surface area contributed by atoms with Gasteiger partial charge in [-0.25, -0.2) is 0 Å². The maximum Gasteiger partial charge on any atom is 0.292 e. The molecule has 28 heavy (non-hydrogen) atoms. The molecule has 0 amide bonds. The van der Waals surface area contributed by atoms with Gasteiger partial charge in [-0.15, -0.1) is 0 Å². The van der Waals surface area contributed by atoms with Crippen LogP contribution in [0.2, 0.25) is 10.0 Å². The van der Waals surface area contributed by atoms with Crippen molar-refractivity contribution in [3.05, 3.63) is 80.7 Å². The van der Waals surface area contributed by atoms with Crippen LogP contribution in [0.5, 0.6) is 5.75 Å². The molecule has 2 aromatic carbocycles. The van der Waals surface area contributed by atoms with Gasteiger partial charge in [-0.3, -0.25) is 4.79 Å². The molecule has 146 valence electrons. The molecule has 8 heteroatoms. The lowest BCUT2D eigenvalue weighted by atomic mass is 10.2. The third-order valence-corrected chi connectivity index (χ3v) is 4.57. The van der Waals surface area contributed by atoms with Gasteiger partial charge in [-0.1, -0.05) is 35.3 Å². The number of nitrogens with one attached hydrogen (secondary N) is 1. The Kier molecular flexibility index (Phi) is 6.92. The van der Waals surface area contributed by atoms with Crippen molar-refractivity contribution in [1.82, 2.24) is 9.78 Å². The van der Waals surface area contributed by atoms with E-state index in [-0.39, 0.29) is 5.02 Å². The molecule has 3 aromatic rings. The fourth-order valence-corrected chi connectivity index (χ4v) is 2.79. The molecule has 0 unspecified atom stereocenters. The Hall–Kier alpha value is -2.54. The highest BCUT2D eigenvalue weighted by Gasteiger charge is 2.10. The van der Waals surface area contributed by atoms with Gasteiger partial charge in [0.1, 0.15) is 17.4 Å². The van der Waals surface area contributed by atoms with E-state index in [9.17, 15) is 4.79 Å². The number of hydrogen-bond acceptors (Lipinski definition) is 5. The van der Waals surface area contributed by atoms with Gasteiger partial charge >= 0.3 is 0 Å². The van der Waals surface area contributed by atoms with Gasteiger partial charge < -0.3 is 14.8 Å². The van der Waals surface area contributed by atoms with E-state index in [0.717, 1.165) is 11.3 Å². The predicted octanol–water partition coefficient (Wildman–Crippen LogP) is 4.18. The van der Waals surface area contributed by atoms with E-state index in [4.69, 9.17) is 32.7 Å². The first-order chi connectivity index (χ1) is 13.6. The smallest absolute Gasteiger partial charge is 0.292 e. The molecule has 0 spiro atoms. The molecule has 0 aliphatic carbocycles. The maximum absolute atomic E-state index is 12.5. The quantitative estimate of drug-likeness (QED) is 0.554. The Morgan fingerprint density at radius 2 is 1.75 bits per heavy atom. The molecule has 0 aliphatic heterocycles. The Morgan fingerprint density at radius 3 is 2.43 bits per heavy atom. The van der Waals surface area contributed by atoms with Crippen LogP contribution in [0.1, 0.15) is 5.56 Å². The van der Waals surface area contributed by atoms with Crippen LogP contribution in [0, 0.1) is 0 Å². The van der Waals surface area contributed by atoms with Crippen LogP contribution in [-0.4, -0.2) is 30.1 Å². The van der Waals surface area contributed by atoms with Gasteiger partial charge in [0, 0.05) is 18.7 Å². The number of nitrogens with zero attached hydrogens (tertiary/aromatic N) is 2. The second-order valence-electron chi connectivity index (χ2n) is 5.90. The highest BCUT2D eigenvalue weighted by Crippen LogP contribution is 2.19. The van der Waals surface area contributed by atoms with Crippen molar-refractivity contribution in [3.63, 3.8) is 0 Å². The van der Waals surface area contributed by atoms with Gasteiger partial charge in [0.25, 0.3) is 5.56 Å². The molecule has 0 radical (unpaired) electrons. The van der Waals surface area contributed by atoms with Gasteiger partial charge in [-0.05, 0) is 42.0 Å². The van der Waals surface area contributed by atoms with Gasteiger partial charge in [0.05, 0.1) is 24.2 Å². The molecule has 0 bridgehead atoms. The highest BCUT2D eigenvalue weighted by molar-refractivity contribution is 6.33. The minimum atomic E-state index is -0.407. The van der Waals surface area contributed by atoms with E-state index in [1.807, 2.05) is 24.3 Å². The first-order valence-electron chi connectivity index (χ1n) is 8.57. The minimum absolute atomic E-state index is 0.0736. The lowest BCUT2D eigenvalue weighted by Crippen LogP contribution is -2.22. The van der Waals surface area contributed by atoms with Crippen LogP contribution in [0.4, 0.5) is 5.69 Å². The third-order valence-electron chi connectivity index (χ3n) is 3.95. The van der Waals surface area contributed by atoms with Crippen LogP contribution in [-0.2, 0) is 11.3 Å². The number of rotatable bonds is 8. The van der Waals surface area contributed by atoms with Crippen molar-refractivity contribution in [3.8, 4) is 11.4 Å². The summed E-state index contributed by atoms with van der Waals surface area (Å²) < 4.78 is 11.7. The normalized spacial score (nSPS) is 10.7. The van der Waals surface area contributed by atoms with Gasteiger partial charge in [-0.2, -0.15) is 9.78 Å². The Morgan fingerprint density at radius 1 is 1.04 bits per heavy atom. The number of methoxy groups -OCH3 is 1. The van der Waals surface area contributed by atoms with Crippen LogP contribution in [0.15, 0.2) is 59.5 Å². The van der Waals surface area contributed by atoms with Crippen molar-refractivity contribution in [2.45, 2.75) is 6.54 Å². The predicted molar refractivity (Wildman–Crippen MR) is 111 cm³/mol. The zero-order chi connectivity index (χ0) is 19.9. The van der Waals surface area contributed by atoms with E-state index in [1.54, 1.807) is 31.4 Å². The summed E-state index contributed by atoms with van der Waals surface area (Å²) in [7, 11) is 1.63. The molecule has 6 nitrogen and oxygen atoms in total. The average Bonchev–Trinajstić information content (AvgIpc) is 2.71. The van der Waals surface area contributed by atoms with Crippen molar-refractivity contribution < 1.29 is 9.47 Å². The molecule has 1 N–H and O–H groups in total. The van der Waals surface area contributed by atoms with Gasteiger partial charge in [0.15, 0.2) is 0 Å².